The van der Waals surface area contributed by atoms with Crippen molar-refractivity contribution in [3.05, 3.63) is 54.4 Å². The molecule has 2 aromatic rings. The number of aliphatic imine (C=N–C) groups is 1. The van der Waals surface area contributed by atoms with Crippen molar-refractivity contribution in [3.8, 4) is 11.4 Å². The summed E-state index contributed by atoms with van der Waals surface area (Å²) in [5.41, 5.74) is 8.58. The number of rotatable bonds is 6. The van der Waals surface area contributed by atoms with Crippen LogP contribution in [0.1, 0.15) is 12.6 Å². The highest BCUT2D eigenvalue weighted by atomic mass is 16.5. The maximum atomic E-state index is 5.77. The van der Waals surface area contributed by atoms with Gasteiger partial charge in [-0.25, -0.2) is 9.67 Å². The number of nitrogens with zero attached hydrogens (tertiary/aromatic N) is 3. The van der Waals surface area contributed by atoms with Gasteiger partial charge in [-0.05, 0) is 37.3 Å². The van der Waals surface area contributed by atoms with Gasteiger partial charge >= 0.3 is 0 Å². The number of methoxy groups -OCH3 is 1. The molecule has 0 atom stereocenters. The molecule has 0 unspecified atom stereocenters. The van der Waals surface area contributed by atoms with Crippen molar-refractivity contribution in [2.24, 2.45) is 10.7 Å². The van der Waals surface area contributed by atoms with Crippen LogP contribution in [0.3, 0.4) is 0 Å². The average molecular weight is 299 g/mol. The number of hydrogen-bond acceptors (Lipinski definition) is 3. The molecule has 6 nitrogen and oxygen atoms in total. The fraction of sp³-hybridized carbons (Fsp3) is 0.250. The summed E-state index contributed by atoms with van der Waals surface area (Å²) in [6.45, 7) is 6.77. The van der Waals surface area contributed by atoms with Gasteiger partial charge in [-0.15, -0.1) is 0 Å². The van der Waals surface area contributed by atoms with Crippen molar-refractivity contribution in [2.75, 3.05) is 13.7 Å². The molecular weight excluding hydrogens is 278 g/mol. The van der Waals surface area contributed by atoms with Gasteiger partial charge in [0.1, 0.15) is 5.75 Å². The van der Waals surface area contributed by atoms with Gasteiger partial charge < -0.3 is 15.8 Å². The normalized spacial score (nSPS) is 11.3. The first-order valence-electron chi connectivity index (χ1n) is 6.95. The first-order valence-corrected chi connectivity index (χ1v) is 6.95. The number of ether oxygens (including phenoxy) is 1. The fourth-order valence-corrected chi connectivity index (χ4v) is 1.79. The Kier molecular flexibility index (Phi) is 5.19. The first kappa shape index (κ1) is 15.6. The van der Waals surface area contributed by atoms with Crippen LogP contribution in [0.2, 0.25) is 0 Å². The van der Waals surface area contributed by atoms with E-state index >= 15 is 0 Å². The van der Waals surface area contributed by atoms with E-state index in [2.05, 4.69) is 22.0 Å². The van der Waals surface area contributed by atoms with Crippen LogP contribution >= 0.6 is 0 Å². The zero-order valence-corrected chi connectivity index (χ0v) is 12.9. The molecule has 0 aliphatic heterocycles. The third kappa shape index (κ3) is 4.37. The minimum absolute atomic E-state index is 0.391. The zero-order valence-electron chi connectivity index (χ0n) is 12.9. The standard InChI is InChI=1S/C16H21N5O/c1-12(2)10-18-16(17)19-11-13-8-9-21(20-13)14-4-6-15(22-3)7-5-14/h4-9H,1,10-11H2,2-3H3,(H3,17,18,19). The molecule has 0 bridgehead atoms. The summed E-state index contributed by atoms with van der Waals surface area (Å²) in [4.78, 5) is 4.25. The lowest BCUT2D eigenvalue weighted by atomic mass is 10.3. The Morgan fingerprint density at radius 3 is 2.73 bits per heavy atom. The van der Waals surface area contributed by atoms with E-state index in [1.165, 1.54) is 0 Å². The first-order chi connectivity index (χ1) is 10.6. The van der Waals surface area contributed by atoms with Crippen molar-refractivity contribution in [1.82, 2.24) is 15.1 Å². The number of nitrogens with one attached hydrogen (secondary N) is 1. The van der Waals surface area contributed by atoms with E-state index in [9.17, 15) is 0 Å². The highest BCUT2D eigenvalue weighted by molar-refractivity contribution is 5.77. The predicted molar refractivity (Wildman–Crippen MR) is 88.3 cm³/mol. The maximum absolute atomic E-state index is 5.77. The van der Waals surface area contributed by atoms with E-state index in [1.54, 1.807) is 11.8 Å². The molecule has 1 heterocycles. The molecule has 0 spiro atoms. The van der Waals surface area contributed by atoms with Crippen LogP contribution < -0.4 is 15.8 Å². The second-order valence-electron chi connectivity index (χ2n) is 4.96. The second-order valence-corrected chi connectivity index (χ2v) is 4.96. The van der Waals surface area contributed by atoms with Crippen LogP contribution in [0.15, 0.2) is 53.7 Å². The van der Waals surface area contributed by atoms with Gasteiger partial charge in [0.2, 0.25) is 0 Å². The van der Waals surface area contributed by atoms with Crippen LogP contribution in [0.5, 0.6) is 5.75 Å². The SMILES string of the molecule is C=C(C)CNC(N)=NCc1ccn(-c2ccc(OC)cc2)n1. The lowest BCUT2D eigenvalue weighted by Crippen LogP contribution is -2.32. The molecule has 0 saturated heterocycles. The summed E-state index contributed by atoms with van der Waals surface area (Å²) >= 11 is 0. The summed E-state index contributed by atoms with van der Waals surface area (Å²) in [5.74, 6) is 1.21. The molecule has 3 N–H and O–H groups in total. The Bertz CT molecular complexity index is 657. The molecule has 0 aliphatic carbocycles. The molecule has 0 aliphatic rings. The summed E-state index contributed by atoms with van der Waals surface area (Å²) in [5, 5.41) is 7.45. The van der Waals surface area contributed by atoms with Crippen LogP contribution in [0.25, 0.3) is 5.69 Å². The van der Waals surface area contributed by atoms with Gasteiger partial charge in [-0.1, -0.05) is 12.2 Å². The Morgan fingerprint density at radius 2 is 2.09 bits per heavy atom. The molecule has 0 amide bonds. The highest BCUT2D eigenvalue weighted by Gasteiger charge is 2.02. The Morgan fingerprint density at radius 1 is 1.36 bits per heavy atom. The van der Waals surface area contributed by atoms with E-state index in [0.717, 1.165) is 22.7 Å². The third-order valence-corrected chi connectivity index (χ3v) is 2.96. The van der Waals surface area contributed by atoms with E-state index in [4.69, 9.17) is 10.5 Å². The number of aromatic nitrogens is 2. The van der Waals surface area contributed by atoms with Gasteiger partial charge in [0.25, 0.3) is 0 Å². The molecule has 22 heavy (non-hydrogen) atoms. The highest BCUT2D eigenvalue weighted by Crippen LogP contribution is 2.14. The lowest BCUT2D eigenvalue weighted by Gasteiger charge is -2.04. The third-order valence-electron chi connectivity index (χ3n) is 2.96. The number of nitrogens with two attached hydrogens (primary N) is 1. The van der Waals surface area contributed by atoms with Crippen molar-refractivity contribution >= 4 is 5.96 Å². The van der Waals surface area contributed by atoms with Gasteiger partial charge in [-0.2, -0.15) is 5.10 Å². The van der Waals surface area contributed by atoms with Crippen LogP contribution in [-0.4, -0.2) is 29.4 Å². The lowest BCUT2D eigenvalue weighted by molar-refractivity contribution is 0.414. The molecule has 0 saturated carbocycles. The van der Waals surface area contributed by atoms with Crippen molar-refractivity contribution in [3.63, 3.8) is 0 Å². The largest absolute Gasteiger partial charge is 0.497 e. The Balaban J connectivity index is 1.98. The Labute approximate surface area is 130 Å². The van der Waals surface area contributed by atoms with Gasteiger partial charge in [0.05, 0.1) is 25.0 Å². The monoisotopic (exact) mass is 299 g/mol. The molecule has 1 aromatic carbocycles. The van der Waals surface area contributed by atoms with Crippen LogP contribution in [0.4, 0.5) is 0 Å². The van der Waals surface area contributed by atoms with Crippen molar-refractivity contribution in [1.29, 1.82) is 0 Å². The fourth-order valence-electron chi connectivity index (χ4n) is 1.79. The number of guanidine groups is 1. The predicted octanol–water partition coefficient (Wildman–Crippen LogP) is 1.86. The zero-order chi connectivity index (χ0) is 15.9. The summed E-state index contributed by atoms with van der Waals surface area (Å²) in [6, 6.07) is 9.60. The number of hydrogen-bond donors (Lipinski definition) is 2. The molecule has 6 heteroatoms. The number of benzene rings is 1. The molecule has 2 rings (SSSR count). The summed E-state index contributed by atoms with van der Waals surface area (Å²) in [6.07, 6.45) is 1.89. The topological polar surface area (TPSA) is 77.5 Å². The Hall–Kier alpha value is -2.76. The molecular formula is C16H21N5O. The van der Waals surface area contributed by atoms with Crippen LogP contribution in [0, 0.1) is 0 Å². The second kappa shape index (κ2) is 7.31. The van der Waals surface area contributed by atoms with Gasteiger partial charge in [-0.3, -0.25) is 0 Å². The van der Waals surface area contributed by atoms with Gasteiger partial charge in [0.15, 0.2) is 5.96 Å². The van der Waals surface area contributed by atoms with E-state index in [-0.39, 0.29) is 0 Å². The molecule has 116 valence electrons. The molecule has 1 aromatic heterocycles. The average Bonchev–Trinajstić information content (AvgIpc) is 3.00. The molecule has 0 radical (unpaired) electrons. The maximum Gasteiger partial charge on any atom is 0.189 e. The van der Waals surface area contributed by atoms with Gasteiger partial charge in [0, 0.05) is 12.7 Å². The van der Waals surface area contributed by atoms with Crippen LogP contribution in [-0.2, 0) is 6.54 Å². The van der Waals surface area contributed by atoms with Crippen molar-refractivity contribution in [2.45, 2.75) is 13.5 Å². The van der Waals surface area contributed by atoms with Crippen molar-refractivity contribution < 1.29 is 4.74 Å². The quantitative estimate of drug-likeness (QED) is 0.485. The minimum Gasteiger partial charge on any atom is -0.497 e. The van der Waals surface area contributed by atoms with E-state index < -0.39 is 0 Å². The summed E-state index contributed by atoms with van der Waals surface area (Å²) < 4.78 is 6.93. The summed E-state index contributed by atoms with van der Waals surface area (Å²) in [7, 11) is 1.64. The van der Waals surface area contributed by atoms with E-state index in [1.807, 2.05) is 43.5 Å². The molecule has 0 fully saturated rings. The van der Waals surface area contributed by atoms with E-state index in [0.29, 0.717) is 19.0 Å². The minimum atomic E-state index is 0.391. The smallest absolute Gasteiger partial charge is 0.189 e.